The first-order valence-electron chi connectivity index (χ1n) is 6.41. The highest BCUT2D eigenvalue weighted by Gasteiger charge is 2.07. The number of benzene rings is 1. The molecule has 0 bridgehead atoms. The van der Waals surface area contributed by atoms with E-state index in [-0.39, 0.29) is 6.29 Å². The first kappa shape index (κ1) is 14.8. The van der Waals surface area contributed by atoms with E-state index in [2.05, 4.69) is 34.5 Å². The van der Waals surface area contributed by atoms with Gasteiger partial charge in [0, 0.05) is 38.7 Å². The van der Waals surface area contributed by atoms with Crippen molar-refractivity contribution in [3.8, 4) is 0 Å². The maximum atomic E-state index is 5.47. The zero-order chi connectivity index (χ0) is 13.4. The van der Waals surface area contributed by atoms with E-state index < -0.39 is 0 Å². The van der Waals surface area contributed by atoms with Crippen LogP contribution in [0.5, 0.6) is 0 Å². The van der Waals surface area contributed by atoms with Crippen LogP contribution in [-0.4, -0.2) is 40.1 Å². The van der Waals surface area contributed by atoms with Gasteiger partial charge in [-0.05, 0) is 38.1 Å². The lowest BCUT2D eigenvalue weighted by atomic mass is 10.2. The Morgan fingerprint density at radius 2 is 1.61 bits per heavy atom. The summed E-state index contributed by atoms with van der Waals surface area (Å²) in [6.45, 7) is 5.91. The van der Waals surface area contributed by atoms with Crippen LogP contribution in [0.3, 0.4) is 0 Å². The third-order valence-corrected chi connectivity index (χ3v) is 2.56. The van der Waals surface area contributed by atoms with Crippen LogP contribution in [0.15, 0.2) is 24.3 Å². The van der Waals surface area contributed by atoms with Crippen LogP contribution < -0.4 is 10.2 Å². The lowest BCUT2D eigenvalue weighted by Crippen LogP contribution is -2.26. The van der Waals surface area contributed by atoms with Crippen LogP contribution in [0.1, 0.15) is 13.8 Å². The second kappa shape index (κ2) is 7.95. The van der Waals surface area contributed by atoms with Gasteiger partial charge in [-0.3, -0.25) is 0 Å². The molecular weight excluding hydrogens is 228 g/mol. The zero-order valence-corrected chi connectivity index (χ0v) is 11.8. The van der Waals surface area contributed by atoms with Gasteiger partial charge in [0.1, 0.15) is 0 Å². The fourth-order valence-corrected chi connectivity index (χ4v) is 1.62. The predicted molar refractivity (Wildman–Crippen MR) is 76.3 cm³/mol. The Bertz CT molecular complexity index is 319. The van der Waals surface area contributed by atoms with Gasteiger partial charge in [0.05, 0.1) is 6.54 Å². The summed E-state index contributed by atoms with van der Waals surface area (Å²) in [6.07, 6.45) is -0.187. The van der Waals surface area contributed by atoms with E-state index in [4.69, 9.17) is 9.47 Å². The first-order chi connectivity index (χ1) is 8.67. The van der Waals surface area contributed by atoms with Gasteiger partial charge in [-0.25, -0.2) is 0 Å². The Balaban J connectivity index is 2.46. The number of anilines is 2. The molecule has 1 aromatic carbocycles. The maximum Gasteiger partial charge on any atom is 0.174 e. The van der Waals surface area contributed by atoms with Gasteiger partial charge in [0.2, 0.25) is 0 Å². The van der Waals surface area contributed by atoms with E-state index in [1.54, 1.807) is 0 Å². The summed E-state index contributed by atoms with van der Waals surface area (Å²) in [6, 6.07) is 8.28. The van der Waals surface area contributed by atoms with Crippen molar-refractivity contribution in [1.82, 2.24) is 0 Å². The monoisotopic (exact) mass is 252 g/mol. The molecule has 0 amide bonds. The molecule has 0 atom stereocenters. The second-order valence-electron chi connectivity index (χ2n) is 4.16. The van der Waals surface area contributed by atoms with Gasteiger partial charge < -0.3 is 19.7 Å². The predicted octanol–water partition coefficient (Wildman–Crippen LogP) is 2.56. The van der Waals surface area contributed by atoms with Crippen molar-refractivity contribution in [2.45, 2.75) is 20.1 Å². The van der Waals surface area contributed by atoms with Crippen LogP contribution in [-0.2, 0) is 9.47 Å². The van der Waals surface area contributed by atoms with Gasteiger partial charge >= 0.3 is 0 Å². The first-order valence-corrected chi connectivity index (χ1v) is 6.41. The van der Waals surface area contributed by atoms with E-state index in [1.807, 2.05) is 27.9 Å². The fourth-order valence-electron chi connectivity index (χ4n) is 1.62. The topological polar surface area (TPSA) is 33.7 Å². The van der Waals surface area contributed by atoms with Crippen molar-refractivity contribution in [1.29, 1.82) is 0 Å². The molecule has 0 aromatic heterocycles. The Kier molecular flexibility index (Phi) is 6.54. The summed E-state index contributed by atoms with van der Waals surface area (Å²) in [4.78, 5) is 2.08. The Hall–Kier alpha value is -1.26. The second-order valence-corrected chi connectivity index (χ2v) is 4.16. The van der Waals surface area contributed by atoms with Crippen molar-refractivity contribution in [2.24, 2.45) is 0 Å². The lowest BCUT2D eigenvalue weighted by Gasteiger charge is -2.18. The van der Waals surface area contributed by atoms with Gasteiger partial charge in [-0.1, -0.05) is 0 Å². The number of nitrogens with zero attached hydrogens (tertiary/aromatic N) is 1. The van der Waals surface area contributed by atoms with Crippen LogP contribution in [0.2, 0.25) is 0 Å². The van der Waals surface area contributed by atoms with Crippen molar-refractivity contribution in [2.75, 3.05) is 44.1 Å². The molecule has 0 saturated carbocycles. The van der Waals surface area contributed by atoms with E-state index in [0.29, 0.717) is 19.8 Å². The molecule has 4 nitrogen and oxygen atoms in total. The van der Waals surface area contributed by atoms with E-state index >= 15 is 0 Å². The molecule has 1 rings (SSSR count). The largest absolute Gasteiger partial charge is 0.380 e. The highest BCUT2D eigenvalue weighted by atomic mass is 16.7. The highest BCUT2D eigenvalue weighted by Crippen LogP contribution is 2.15. The summed E-state index contributed by atoms with van der Waals surface area (Å²) in [5.41, 5.74) is 2.26. The lowest BCUT2D eigenvalue weighted by molar-refractivity contribution is -0.126. The van der Waals surface area contributed by atoms with E-state index in [1.165, 1.54) is 5.69 Å². The maximum absolute atomic E-state index is 5.47. The molecule has 1 aromatic rings. The van der Waals surface area contributed by atoms with Crippen LogP contribution in [0.4, 0.5) is 11.4 Å². The van der Waals surface area contributed by atoms with Crippen molar-refractivity contribution in [3.05, 3.63) is 24.3 Å². The third-order valence-electron chi connectivity index (χ3n) is 2.56. The standard InChI is InChI=1S/C14H24N2O2/c1-5-17-14(18-6-2)11-15-12-7-9-13(10-8-12)16(3)4/h7-10,14-15H,5-6,11H2,1-4H3. The Labute approximate surface area is 110 Å². The normalized spacial score (nSPS) is 10.7. The minimum Gasteiger partial charge on any atom is -0.380 e. The van der Waals surface area contributed by atoms with Crippen LogP contribution in [0.25, 0.3) is 0 Å². The van der Waals surface area contributed by atoms with Gasteiger partial charge in [0.25, 0.3) is 0 Å². The molecule has 0 unspecified atom stereocenters. The molecule has 0 saturated heterocycles. The fraction of sp³-hybridized carbons (Fsp3) is 0.571. The van der Waals surface area contributed by atoms with Crippen molar-refractivity contribution in [3.63, 3.8) is 0 Å². The molecule has 1 N–H and O–H groups in total. The SMILES string of the molecule is CCOC(CNc1ccc(N(C)C)cc1)OCC. The van der Waals surface area contributed by atoms with Gasteiger partial charge in [-0.15, -0.1) is 0 Å². The average molecular weight is 252 g/mol. The van der Waals surface area contributed by atoms with Crippen molar-refractivity contribution < 1.29 is 9.47 Å². The molecule has 0 aliphatic carbocycles. The molecule has 0 radical (unpaired) electrons. The highest BCUT2D eigenvalue weighted by molar-refractivity contribution is 5.54. The summed E-state index contributed by atoms with van der Waals surface area (Å²) < 4.78 is 10.9. The average Bonchev–Trinajstić information content (AvgIpc) is 2.37. The number of rotatable bonds is 8. The molecule has 0 fully saturated rings. The smallest absolute Gasteiger partial charge is 0.174 e. The molecule has 0 aliphatic heterocycles. The molecule has 102 valence electrons. The van der Waals surface area contributed by atoms with Crippen molar-refractivity contribution >= 4 is 11.4 Å². The molecule has 0 aliphatic rings. The van der Waals surface area contributed by atoms with Crippen LogP contribution in [0, 0.1) is 0 Å². The van der Waals surface area contributed by atoms with Gasteiger partial charge in [-0.2, -0.15) is 0 Å². The Morgan fingerprint density at radius 3 is 2.06 bits per heavy atom. The molecular formula is C14H24N2O2. The quantitative estimate of drug-likeness (QED) is 0.721. The molecule has 18 heavy (non-hydrogen) atoms. The van der Waals surface area contributed by atoms with E-state index in [9.17, 15) is 0 Å². The molecule has 0 heterocycles. The number of hydrogen-bond acceptors (Lipinski definition) is 4. The number of ether oxygens (including phenoxy) is 2. The Morgan fingerprint density at radius 1 is 1.06 bits per heavy atom. The third kappa shape index (κ3) is 4.94. The minimum atomic E-state index is -0.187. The van der Waals surface area contributed by atoms with Gasteiger partial charge in [0.15, 0.2) is 6.29 Å². The minimum absolute atomic E-state index is 0.187. The van der Waals surface area contributed by atoms with Crippen LogP contribution >= 0.6 is 0 Å². The summed E-state index contributed by atoms with van der Waals surface area (Å²) in [5, 5.41) is 3.31. The molecule has 0 spiro atoms. The van der Waals surface area contributed by atoms with E-state index in [0.717, 1.165) is 5.69 Å². The zero-order valence-electron chi connectivity index (χ0n) is 11.8. The summed E-state index contributed by atoms with van der Waals surface area (Å²) in [7, 11) is 4.06. The number of nitrogens with one attached hydrogen (secondary N) is 1. The summed E-state index contributed by atoms with van der Waals surface area (Å²) in [5.74, 6) is 0. The summed E-state index contributed by atoms with van der Waals surface area (Å²) >= 11 is 0. The molecule has 4 heteroatoms. The number of hydrogen-bond donors (Lipinski definition) is 1.